The lowest BCUT2D eigenvalue weighted by molar-refractivity contribution is 1.15. The zero-order chi connectivity index (χ0) is 9.80. The van der Waals surface area contributed by atoms with Crippen molar-refractivity contribution in [3.8, 4) is 12.3 Å². The third-order valence-electron chi connectivity index (χ3n) is 1.61. The van der Waals surface area contributed by atoms with Gasteiger partial charge in [0.15, 0.2) is 4.34 Å². The van der Waals surface area contributed by atoms with Crippen LogP contribution < -0.4 is 4.72 Å². The minimum atomic E-state index is 0.556. The summed E-state index contributed by atoms with van der Waals surface area (Å²) in [5.41, 5.74) is 1.04. The molecule has 0 amide bonds. The number of terminal acetylenes is 1. The summed E-state index contributed by atoms with van der Waals surface area (Å²) in [6.45, 7) is 0.556. The molecule has 0 fully saturated rings. The topological polar surface area (TPSA) is 24.9 Å². The second-order valence-electron chi connectivity index (χ2n) is 2.57. The molecule has 0 unspecified atom stereocenters. The summed E-state index contributed by atoms with van der Waals surface area (Å²) < 4.78 is 5.25. The predicted molar refractivity (Wildman–Crippen MR) is 62.3 cm³/mol. The maximum absolute atomic E-state index is 5.12. The van der Waals surface area contributed by atoms with Gasteiger partial charge in [0.25, 0.3) is 0 Å². The van der Waals surface area contributed by atoms with Crippen LogP contribution in [0.1, 0.15) is 0 Å². The fourth-order valence-corrected chi connectivity index (χ4v) is 2.77. The summed E-state index contributed by atoms with van der Waals surface area (Å²) in [5.74, 6) is 2.52. The molecule has 0 saturated heterocycles. The van der Waals surface area contributed by atoms with E-state index in [4.69, 9.17) is 6.42 Å². The molecule has 1 heterocycles. The molecule has 2 aromatic rings. The van der Waals surface area contributed by atoms with E-state index in [2.05, 4.69) is 21.7 Å². The summed E-state index contributed by atoms with van der Waals surface area (Å²) in [6.07, 6.45) is 5.12. The normalized spacial score (nSPS) is 10.2. The largest absolute Gasteiger partial charge is 0.246 e. The van der Waals surface area contributed by atoms with Crippen LogP contribution in [0.4, 0.5) is 0 Å². The second-order valence-corrected chi connectivity index (χ2v) is 4.74. The minimum Gasteiger partial charge on any atom is -0.246 e. The summed E-state index contributed by atoms with van der Waals surface area (Å²) >= 11 is 3.15. The number of nitrogens with one attached hydrogen (secondary N) is 1. The van der Waals surface area contributed by atoms with Crippen LogP contribution in [-0.2, 0) is 0 Å². The number of nitrogens with zero attached hydrogens (tertiary/aromatic N) is 1. The molecule has 1 aromatic heterocycles. The van der Waals surface area contributed by atoms with Crippen molar-refractivity contribution >= 4 is 33.5 Å². The Morgan fingerprint density at radius 2 is 2.36 bits per heavy atom. The highest BCUT2D eigenvalue weighted by molar-refractivity contribution is 7.99. The van der Waals surface area contributed by atoms with Gasteiger partial charge in [0.05, 0.1) is 16.8 Å². The van der Waals surface area contributed by atoms with Gasteiger partial charge in [-0.3, -0.25) is 0 Å². The van der Waals surface area contributed by atoms with E-state index in [1.807, 2.05) is 18.2 Å². The van der Waals surface area contributed by atoms with Gasteiger partial charge in [0.1, 0.15) is 0 Å². The summed E-state index contributed by atoms with van der Waals surface area (Å²) in [7, 11) is 0. The van der Waals surface area contributed by atoms with Crippen molar-refractivity contribution < 1.29 is 0 Å². The number of benzene rings is 1. The zero-order valence-electron chi connectivity index (χ0n) is 7.36. The zero-order valence-corrected chi connectivity index (χ0v) is 8.99. The van der Waals surface area contributed by atoms with Crippen LogP contribution in [0.25, 0.3) is 10.2 Å². The number of aromatic nitrogens is 1. The molecule has 2 nitrogen and oxygen atoms in total. The Morgan fingerprint density at radius 1 is 1.50 bits per heavy atom. The molecule has 0 aliphatic rings. The van der Waals surface area contributed by atoms with E-state index in [0.29, 0.717) is 6.54 Å². The average Bonchev–Trinajstić information content (AvgIpc) is 2.60. The Balaban J connectivity index is 2.15. The summed E-state index contributed by atoms with van der Waals surface area (Å²) in [5, 5.41) is 0. The van der Waals surface area contributed by atoms with Crippen molar-refractivity contribution in [2.24, 2.45) is 0 Å². The first kappa shape index (κ1) is 9.53. The van der Waals surface area contributed by atoms with E-state index in [0.717, 1.165) is 9.86 Å². The second kappa shape index (κ2) is 4.47. The number of rotatable bonds is 3. The van der Waals surface area contributed by atoms with Crippen molar-refractivity contribution in [1.29, 1.82) is 0 Å². The van der Waals surface area contributed by atoms with Gasteiger partial charge in [-0.05, 0) is 24.1 Å². The monoisotopic (exact) mass is 220 g/mol. The van der Waals surface area contributed by atoms with E-state index in [1.165, 1.54) is 16.6 Å². The van der Waals surface area contributed by atoms with Crippen molar-refractivity contribution in [1.82, 2.24) is 9.71 Å². The van der Waals surface area contributed by atoms with E-state index >= 15 is 0 Å². The van der Waals surface area contributed by atoms with Crippen molar-refractivity contribution in [2.45, 2.75) is 4.34 Å². The lowest BCUT2D eigenvalue weighted by atomic mass is 10.3. The standard InChI is InChI=1S/C10H8N2S2/c1-2-7-11-14-10-12-8-5-3-4-6-9(8)13-10/h1,3-6,11H,7H2. The van der Waals surface area contributed by atoms with Gasteiger partial charge in [-0.25, -0.2) is 9.71 Å². The Morgan fingerprint density at radius 3 is 3.14 bits per heavy atom. The van der Waals surface area contributed by atoms with Gasteiger partial charge >= 0.3 is 0 Å². The highest BCUT2D eigenvalue weighted by Crippen LogP contribution is 2.27. The molecule has 0 saturated carbocycles. The van der Waals surface area contributed by atoms with Gasteiger partial charge < -0.3 is 0 Å². The summed E-state index contributed by atoms with van der Waals surface area (Å²) in [6, 6.07) is 8.09. The molecule has 0 spiro atoms. The van der Waals surface area contributed by atoms with E-state index < -0.39 is 0 Å². The van der Waals surface area contributed by atoms with Gasteiger partial charge in [-0.1, -0.05) is 18.1 Å². The first-order valence-electron chi connectivity index (χ1n) is 4.09. The van der Waals surface area contributed by atoms with Crippen LogP contribution in [0.3, 0.4) is 0 Å². The molecule has 0 bridgehead atoms. The van der Waals surface area contributed by atoms with Crippen LogP contribution in [0, 0.1) is 12.3 Å². The average molecular weight is 220 g/mol. The van der Waals surface area contributed by atoms with Crippen LogP contribution >= 0.6 is 23.3 Å². The third-order valence-corrected chi connectivity index (χ3v) is 3.49. The first-order valence-corrected chi connectivity index (χ1v) is 5.72. The molecule has 14 heavy (non-hydrogen) atoms. The number of fused-ring (bicyclic) bond motifs is 1. The highest BCUT2D eigenvalue weighted by atomic mass is 32.2. The lowest BCUT2D eigenvalue weighted by Gasteiger charge is -1.92. The molecular formula is C10H8N2S2. The van der Waals surface area contributed by atoms with Crippen LogP contribution in [-0.4, -0.2) is 11.5 Å². The Labute approximate surface area is 90.9 Å². The van der Waals surface area contributed by atoms with Crippen molar-refractivity contribution in [3.05, 3.63) is 24.3 Å². The van der Waals surface area contributed by atoms with Gasteiger partial charge in [-0.2, -0.15) is 0 Å². The fourth-order valence-electron chi connectivity index (χ4n) is 1.03. The number of para-hydroxylation sites is 1. The minimum absolute atomic E-state index is 0.556. The fraction of sp³-hybridized carbons (Fsp3) is 0.100. The maximum atomic E-state index is 5.12. The van der Waals surface area contributed by atoms with Gasteiger partial charge in [0.2, 0.25) is 0 Å². The van der Waals surface area contributed by atoms with Crippen LogP contribution in [0.2, 0.25) is 0 Å². The lowest BCUT2D eigenvalue weighted by Crippen LogP contribution is -2.01. The van der Waals surface area contributed by atoms with Gasteiger partial charge in [0, 0.05) is 0 Å². The number of thiazole rings is 1. The predicted octanol–water partition coefficient (Wildman–Crippen LogP) is 2.53. The summed E-state index contributed by atoms with van der Waals surface area (Å²) in [4.78, 5) is 4.43. The molecule has 2 rings (SSSR count). The molecular weight excluding hydrogens is 212 g/mol. The Kier molecular flexibility index (Phi) is 3.04. The number of hydrogen-bond acceptors (Lipinski definition) is 4. The maximum Gasteiger partial charge on any atom is 0.166 e. The molecule has 0 aliphatic heterocycles. The Bertz CT molecular complexity index is 437. The van der Waals surface area contributed by atoms with E-state index in [9.17, 15) is 0 Å². The highest BCUT2D eigenvalue weighted by Gasteiger charge is 2.02. The smallest absolute Gasteiger partial charge is 0.166 e. The van der Waals surface area contributed by atoms with Crippen LogP contribution in [0.15, 0.2) is 28.6 Å². The number of hydrogen-bond donors (Lipinski definition) is 1. The molecule has 0 aliphatic carbocycles. The van der Waals surface area contributed by atoms with E-state index in [-0.39, 0.29) is 0 Å². The molecule has 0 atom stereocenters. The van der Waals surface area contributed by atoms with Crippen molar-refractivity contribution in [2.75, 3.05) is 6.54 Å². The van der Waals surface area contributed by atoms with Gasteiger partial charge in [-0.15, -0.1) is 17.8 Å². The molecule has 1 aromatic carbocycles. The van der Waals surface area contributed by atoms with Crippen LogP contribution in [0.5, 0.6) is 0 Å². The third kappa shape index (κ3) is 2.07. The quantitative estimate of drug-likeness (QED) is 0.489. The van der Waals surface area contributed by atoms with E-state index in [1.54, 1.807) is 11.3 Å². The van der Waals surface area contributed by atoms with Crippen molar-refractivity contribution in [3.63, 3.8) is 0 Å². The molecule has 4 heteroatoms. The molecule has 70 valence electrons. The first-order chi connectivity index (χ1) is 6.90. The molecule has 0 radical (unpaired) electrons. The Hall–Kier alpha value is -1.02. The SMILES string of the molecule is C#CCNSc1nc2ccccc2s1. The molecule has 1 N–H and O–H groups in total.